The molecule has 23 heavy (non-hydrogen) atoms. The number of carbonyl (C=O) groups excluding carboxylic acids is 1. The van der Waals surface area contributed by atoms with Gasteiger partial charge in [-0.25, -0.2) is 0 Å². The Bertz CT molecular complexity index is 587. The molecule has 2 atom stereocenters. The van der Waals surface area contributed by atoms with Crippen molar-refractivity contribution in [3.05, 3.63) is 5.82 Å². The first-order valence-corrected chi connectivity index (χ1v) is 9.61. The molecule has 1 saturated heterocycles. The predicted molar refractivity (Wildman–Crippen MR) is 87.6 cm³/mol. The number of carbonyl (C=O) groups is 1. The molecule has 2 saturated carbocycles. The van der Waals surface area contributed by atoms with E-state index >= 15 is 0 Å². The first-order chi connectivity index (χ1) is 11.1. The van der Waals surface area contributed by atoms with Crippen molar-refractivity contribution < 1.29 is 9.53 Å². The molecule has 0 spiro atoms. The normalized spacial score (nSPS) is 28.2. The molecule has 6 nitrogen and oxygen atoms in total. The van der Waals surface area contributed by atoms with E-state index in [1.165, 1.54) is 25.7 Å². The van der Waals surface area contributed by atoms with Crippen molar-refractivity contribution >= 4 is 17.7 Å². The van der Waals surface area contributed by atoms with Crippen LogP contribution in [0.1, 0.15) is 57.3 Å². The van der Waals surface area contributed by atoms with Gasteiger partial charge in [0, 0.05) is 25.0 Å². The van der Waals surface area contributed by atoms with Crippen LogP contribution in [-0.4, -0.2) is 56.6 Å². The summed E-state index contributed by atoms with van der Waals surface area (Å²) >= 11 is 1.54. The highest BCUT2D eigenvalue weighted by molar-refractivity contribution is 7.99. The monoisotopic (exact) mass is 336 g/mol. The van der Waals surface area contributed by atoms with Gasteiger partial charge in [0.15, 0.2) is 5.16 Å². The quantitative estimate of drug-likeness (QED) is 0.772. The Morgan fingerprint density at radius 1 is 1.17 bits per heavy atom. The minimum Gasteiger partial charge on any atom is -0.372 e. The average molecular weight is 336 g/mol. The second-order valence-corrected chi connectivity index (χ2v) is 8.00. The number of thioether (sulfide) groups is 1. The molecule has 4 rings (SSSR count). The van der Waals surface area contributed by atoms with Crippen LogP contribution in [-0.2, 0) is 9.53 Å². The summed E-state index contributed by atoms with van der Waals surface area (Å²) in [6.07, 6.45) is 5.14. The maximum absolute atomic E-state index is 12.5. The van der Waals surface area contributed by atoms with E-state index in [4.69, 9.17) is 4.74 Å². The third kappa shape index (κ3) is 3.40. The summed E-state index contributed by atoms with van der Waals surface area (Å²) in [7, 11) is 0. The van der Waals surface area contributed by atoms with Crippen molar-refractivity contribution in [3.8, 4) is 0 Å². The van der Waals surface area contributed by atoms with E-state index in [1.54, 1.807) is 11.8 Å². The summed E-state index contributed by atoms with van der Waals surface area (Å²) < 4.78 is 8.00. The van der Waals surface area contributed by atoms with Gasteiger partial charge in [0.2, 0.25) is 5.91 Å². The van der Waals surface area contributed by atoms with Crippen molar-refractivity contribution in [1.29, 1.82) is 0 Å². The maximum Gasteiger partial charge on any atom is 0.233 e. The lowest BCUT2D eigenvalue weighted by atomic mass is 10.2. The number of nitrogens with zero attached hydrogens (tertiary/aromatic N) is 4. The minimum atomic E-state index is 0.115. The van der Waals surface area contributed by atoms with Gasteiger partial charge >= 0.3 is 0 Å². The van der Waals surface area contributed by atoms with Crippen LogP contribution in [0.5, 0.6) is 0 Å². The number of rotatable bonds is 5. The Balaban J connectivity index is 1.40. The Hall–Kier alpha value is -1.08. The van der Waals surface area contributed by atoms with Gasteiger partial charge in [-0.05, 0) is 39.5 Å². The van der Waals surface area contributed by atoms with Crippen LogP contribution in [0.15, 0.2) is 5.16 Å². The van der Waals surface area contributed by atoms with Crippen molar-refractivity contribution in [3.63, 3.8) is 0 Å². The van der Waals surface area contributed by atoms with Crippen LogP contribution < -0.4 is 0 Å². The van der Waals surface area contributed by atoms with Gasteiger partial charge in [-0.2, -0.15) is 0 Å². The van der Waals surface area contributed by atoms with Crippen LogP contribution in [0, 0.1) is 0 Å². The fraction of sp³-hybridized carbons (Fsp3) is 0.812. The zero-order valence-corrected chi connectivity index (χ0v) is 14.6. The van der Waals surface area contributed by atoms with Crippen molar-refractivity contribution in [2.24, 2.45) is 0 Å². The minimum absolute atomic E-state index is 0.115. The van der Waals surface area contributed by atoms with Gasteiger partial charge in [-0.15, -0.1) is 10.2 Å². The Labute approximate surface area is 141 Å². The van der Waals surface area contributed by atoms with Gasteiger partial charge in [-0.1, -0.05) is 11.8 Å². The lowest BCUT2D eigenvalue weighted by Crippen LogP contribution is -2.48. The summed E-state index contributed by atoms with van der Waals surface area (Å²) in [5, 5.41) is 9.70. The summed E-state index contributed by atoms with van der Waals surface area (Å²) in [6, 6.07) is 0.571. The number of morpholine rings is 1. The molecule has 0 N–H and O–H groups in total. The number of amides is 1. The molecule has 2 heterocycles. The number of hydrogen-bond donors (Lipinski definition) is 0. The van der Waals surface area contributed by atoms with Gasteiger partial charge in [0.25, 0.3) is 0 Å². The van der Waals surface area contributed by atoms with Crippen LogP contribution in [0.2, 0.25) is 0 Å². The average Bonchev–Trinajstić information content (AvgIpc) is 3.42. The number of aromatic nitrogens is 3. The smallest absolute Gasteiger partial charge is 0.233 e. The van der Waals surface area contributed by atoms with E-state index in [1.807, 2.05) is 18.7 Å². The van der Waals surface area contributed by atoms with Gasteiger partial charge in [0.1, 0.15) is 5.82 Å². The molecule has 1 aromatic heterocycles. The maximum atomic E-state index is 12.5. The first-order valence-electron chi connectivity index (χ1n) is 8.62. The molecule has 1 amide bonds. The number of ether oxygens (including phenoxy) is 1. The highest BCUT2D eigenvalue weighted by atomic mass is 32.2. The van der Waals surface area contributed by atoms with Gasteiger partial charge < -0.3 is 14.2 Å². The molecule has 1 aliphatic heterocycles. The van der Waals surface area contributed by atoms with E-state index < -0.39 is 0 Å². The third-order valence-corrected chi connectivity index (χ3v) is 5.57. The molecule has 7 heteroatoms. The molecule has 2 aliphatic carbocycles. The molecular formula is C16H24N4O2S. The Morgan fingerprint density at radius 3 is 2.48 bits per heavy atom. The first kappa shape index (κ1) is 15.4. The van der Waals surface area contributed by atoms with Crippen LogP contribution in [0.4, 0.5) is 0 Å². The second kappa shape index (κ2) is 6.09. The summed E-state index contributed by atoms with van der Waals surface area (Å²) in [6.45, 7) is 5.42. The van der Waals surface area contributed by atoms with Crippen molar-refractivity contribution in [2.45, 2.75) is 68.9 Å². The topological polar surface area (TPSA) is 60.2 Å². The fourth-order valence-electron chi connectivity index (χ4n) is 3.28. The molecular weight excluding hydrogens is 312 g/mol. The van der Waals surface area contributed by atoms with E-state index in [9.17, 15) is 4.79 Å². The molecule has 0 aromatic carbocycles. The van der Waals surface area contributed by atoms with Crippen molar-refractivity contribution in [1.82, 2.24) is 19.7 Å². The van der Waals surface area contributed by atoms with Crippen LogP contribution in [0.25, 0.3) is 0 Å². The third-order valence-electron chi connectivity index (χ3n) is 4.64. The van der Waals surface area contributed by atoms with Gasteiger partial charge in [-0.3, -0.25) is 4.79 Å². The number of hydrogen-bond acceptors (Lipinski definition) is 5. The van der Waals surface area contributed by atoms with E-state index in [2.05, 4.69) is 14.8 Å². The second-order valence-electron chi connectivity index (χ2n) is 7.06. The Morgan fingerprint density at radius 2 is 1.87 bits per heavy atom. The molecule has 0 bridgehead atoms. The molecule has 0 unspecified atom stereocenters. The fourth-order valence-corrected chi connectivity index (χ4v) is 4.20. The van der Waals surface area contributed by atoms with Crippen LogP contribution in [0.3, 0.4) is 0 Å². The van der Waals surface area contributed by atoms with Crippen molar-refractivity contribution in [2.75, 3.05) is 18.8 Å². The molecule has 1 aromatic rings. The standard InChI is InChI=1S/C16H24N4O2S/c1-10-7-19(8-11(2)22-10)14(21)9-23-16-18-17-15(12-3-4-12)20(16)13-5-6-13/h10-13H,3-9H2,1-2H3/t10-,11-/m1/s1. The van der Waals surface area contributed by atoms with Crippen LogP contribution >= 0.6 is 11.8 Å². The van der Waals surface area contributed by atoms with E-state index in [-0.39, 0.29) is 18.1 Å². The molecule has 3 fully saturated rings. The summed E-state index contributed by atoms with van der Waals surface area (Å²) in [4.78, 5) is 14.4. The molecule has 126 valence electrons. The highest BCUT2D eigenvalue weighted by Gasteiger charge is 2.36. The Kier molecular flexibility index (Phi) is 4.09. The lowest BCUT2D eigenvalue weighted by Gasteiger charge is -2.35. The SMILES string of the molecule is C[C@@H]1CN(C(=O)CSc2nnc(C3CC3)n2C2CC2)C[C@@H](C)O1. The molecule has 3 aliphatic rings. The zero-order chi connectivity index (χ0) is 16.0. The summed E-state index contributed by atoms with van der Waals surface area (Å²) in [5.74, 6) is 2.37. The van der Waals surface area contributed by atoms with E-state index in [0.29, 0.717) is 30.8 Å². The van der Waals surface area contributed by atoms with E-state index in [0.717, 1.165) is 11.0 Å². The zero-order valence-electron chi connectivity index (χ0n) is 13.8. The summed E-state index contributed by atoms with van der Waals surface area (Å²) in [5.41, 5.74) is 0. The lowest BCUT2D eigenvalue weighted by molar-refractivity contribution is -0.140. The largest absolute Gasteiger partial charge is 0.372 e. The van der Waals surface area contributed by atoms with Gasteiger partial charge in [0.05, 0.1) is 18.0 Å². The molecule has 0 radical (unpaired) electrons. The highest BCUT2D eigenvalue weighted by Crippen LogP contribution is 2.46. The predicted octanol–water partition coefficient (Wildman–Crippen LogP) is 2.22.